The highest BCUT2D eigenvalue weighted by atomic mass is 32.2. The van der Waals surface area contributed by atoms with Crippen LogP contribution in [0.25, 0.3) is 0 Å². The molecule has 1 aliphatic carbocycles. The Labute approximate surface area is 108 Å². The zero-order chi connectivity index (χ0) is 13.2. The van der Waals surface area contributed by atoms with Crippen LogP contribution < -0.4 is 10.5 Å². The standard InChI is InChI=1S/C11H20N4O2S/c1-15-11(6-7-13-15)18(16,17)14-8-9-4-2-3-5-10(9)12/h6-7,9-10,14H,2-5,8,12H2,1H3. The molecule has 6 nitrogen and oxygen atoms in total. The number of nitrogens with one attached hydrogen (secondary N) is 1. The van der Waals surface area contributed by atoms with Crippen LogP contribution >= 0.6 is 0 Å². The summed E-state index contributed by atoms with van der Waals surface area (Å²) in [5.41, 5.74) is 6.00. The summed E-state index contributed by atoms with van der Waals surface area (Å²) in [4.78, 5) is 0. The summed E-state index contributed by atoms with van der Waals surface area (Å²) in [6.45, 7) is 0.411. The van der Waals surface area contributed by atoms with Crippen molar-refractivity contribution in [1.82, 2.24) is 14.5 Å². The molecule has 2 rings (SSSR count). The first-order chi connectivity index (χ1) is 8.50. The van der Waals surface area contributed by atoms with Crippen LogP contribution in [-0.2, 0) is 17.1 Å². The molecule has 2 atom stereocenters. The van der Waals surface area contributed by atoms with Crippen molar-refractivity contribution in [3.8, 4) is 0 Å². The van der Waals surface area contributed by atoms with E-state index in [1.807, 2.05) is 0 Å². The summed E-state index contributed by atoms with van der Waals surface area (Å²) in [6, 6.07) is 1.59. The molecule has 0 bridgehead atoms. The third kappa shape index (κ3) is 2.90. The van der Waals surface area contributed by atoms with E-state index in [0.717, 1.165) is 25.7 Å². The minimum Gasteiger partial charge on any atom is -0.327 e. The molecule has 1 aromatic heterocycles. The van der Waals surface area contributed by atoms with Crippen LogP contribution in [0.15, 0.2) is 17.3 Å². The first-order valence-electron chi connectivity index (χ1n) is 6.24. The normalized spacial score (nSPS) is 25.2. The van der Waals surface area contributed by atoms with Crippen molar-refractivity contribution in [2.75, 3.05) is 6.54 Å². The van der Waals surface area contributed by atoms with Gasteiger partial charge in [0, 0.05) is 19.6 Å². The van der Waals surface area contributed by atoms with E-state index in [-0.39, 0.29) is 17.0 Å². The van der Waals surface area contributed by atoms with Crippen LogP contribution in [-0.4, -0.2) is 30.8 Å². The molecule has 102 valence electrons. The van der Waals surface area contributed by atoms with E-state index < -0.39 is 10.0 Å². The summed E-state index contributed by atoms with van der Waals surface area (Å²) in [7, 11) is -1.86. The lowest BCUT2D eigenvalue weighted by Gasteiger charge is -2.28. The molecule has 0 saturated heterocycles. The Morgan fingerprint density at radius 1 is 1.50 bits per heavy atom. The van der Waals surface area contributed by atoms with Crippen molar-refractivity contribution in [1.29, 1.82) is 0 Å². The van der Waals surface area contributed by atoms with Crippen LogP contribution in [0.4, 0.5) is 0 Å². The SMILES string of the molecule is Cn1nccc1S(=O)(=O)NCC1CCCCC1N. The minimum absolute atomic E-state index is 0.105. The average Bonchev–Trinajstić information content (AvgIpc) is 2.75. The molecule has 3 N–H and O–H groups in total. The largest absolute Gasteiger partial charge is 0.327 e. The molecule has 1 heterocycles. The Balaban J connectivity index is 1.99. The first-order valence-corrected chi connectivity index (χ1v) is 7.72. The van der Waals surface area contributed by atoms with Gasteiger partial charge in [0.25, 0.3) is 10.0 Å². The Bertz CT molecular complexity index is 497. The maximum absolute atomic E-state index is 12.1. The second-order valence-electron chi connectivity index (χ2n) is 4.85. The zero-order valence-corrected chi connectivity index (χ0v) is 11.4. The van der Waals surface area contributed by atoms with E-state index >= 15 is 0 Å². The predicted molar refractivity (Wildman–Crippen MR) is 68.3 cm³/mol. The minimum atomic E-state index is -3.48. The molecule has 0 radical (unpaired) electrons. The van der Waals surface area contributed by atoms with Gasteiger partial charge in [-0.3, -0.25) is 4.68 Å². The topological polar surface area (TPSA) is 90.0 Å². The summed E-state index contributed by atoms with van der Waals surface area (Å²) in [6.07, 6.45) is 5.73. The van der Waals surface area contributed by atoms with Crippen molar-refractivity contribution < 1.29 is 8.42 Å². The van der Waals surface area contributed by atoms with Gasteiger partial charge in [-0.25, -0.2) is 13.1 Å². The van der Waals surface area contributed by atoms with E-state index in [4.69, 9.17) is 5.73 Å². The monoisotopic (exact) mass is 272 g/mol. The molecule has 0 spiro atoms. The second kappa shape index (κ2) is 5.38. The van der Waals surface area contributed by atoms with Crippen molar-refractivity contribution in [2.24, 2.45) is 18.7 Å². The van der Waals surface area contributed by atoms with Crippen LogP contribution in [0.2, 0.25) is 0 Å². The van der Waals surface area contributed by atoms with Gasteiger partial charge in [0.2, 0.25) is 0 Å². The molecular weight excluding hydrogens is 252 g/mol. The number of nitrogens with two attached hydrogens (primary N) is 1. The number of aryl methyl sites for hydroxylation is 1. The number of hydrogen-bond donors (Lipinski definition) is 2. The fraction of sp³-hybridized carbons (Fsp3) is 0.727. The predicted octanol–water partition coefficient (Wildman–Crippen LogP) is 0.216. The molecule has 0 aromatic carbocycles. The van der Waals surface area contributed by atoms with Crippen LogP contribution in [0.1, 0.15) is 25.7 Å². The summed E-state index contributed by atoms with van der Waals surface area (Å²) in [5, 5.41) is 4.05. The number of sulfonamides is 1. The lowest BCUT2D eigenvalue weighted by molar-refractivity contribution is 0.308. The van der Waals surface area contributed by atoms with Gasteiger partial charge in [0.15, 0.2) is 5.03 Å². The van der Waals surface area contributed by atoms with E-state index in [9.17, 15) is 8.42 Å². The molecule has 2 unspecified atom stereocenters. The Morgan fingerprint density at radius 3 is 2.83 bits per heavy atom. The van der Waals surface area contributed by atoms with Crippen molar-refractivity contribution in [3.05, 3.63) is 12.3 Å². The smallest absolute Gasteiger partial charge is 0.257 e. The molecule has 1 fully saturated rings. The van der Waals surface area contributed by atoms with Crippen LogP contribution in [0.5, 0.6) is 0 Å². The number of hydrogen-bond acceptors (Lipinski definition) is 4. The lowest BCUT2D eigenvalue weighted by atomic mass is 9.85. The fourth-order valence-electron chi connectivity index (χ4n) is 2.41. The molecule has 1 aliphatic rings. The molecular formula is C11H20N4O2S. The highest BCUT2D eigenvalue weighted by Crippen LogP contribution is 2.22. The number of aromatic nitrogens is 2. The maximum atomic E-state index is 12.1. The van der Waals surface area contributed by atoms with E-state index in [1.165, 1.54) is 16.9 Å². The van der Waals surface area contributed by atoms with Gasteiger partial charge in [0.1, 0.15) is 0 Å². The molecule has 18 heavy (non-hydrogen) atoms. The number of nitrogens with zero attached hydrogens (tertiary/aromatic N) is 2. The molecule has 0 amide bonds. The molecule has 1 aromatic rings. The highest BCUT2D eigenvalue weighted by Gasteiger charge is 2.25. The fourth-order valence-corrected chi connectivity index (χ4v) is 3.62. The number of rotatable bonds is 4. The van der Waals surface area contributed by atoms with Crippen molar-refractivity contribution >= 4 is 10.0 Å². The van der Waals surface area contributed by atoms with Gasteiger partial charge < -0.3 is 5.73 Å². The van der Waals surface area contributed by atoms with Crippen molar-refractivity contribution in [2.45, 2.75) is 36.8 Å². The second-order valence-corrected chi connectivity index (χ2v) is 6.57. The van der Waals surface area contributed by atoms with Crippen LogP contribution in [0.3, 0.4) is 0 Å². The van der Waals surface area contributed by atoms with Gasteiger partial charge in [-0.2, -0.15) is 5.10 Å². The Morgan fingerprint density at radius 2 is 2.22 bits per heavy atom. The van der Waals surface area contributed by atoms with E-state index in [2.05, 4.69) is 9.82 Å². The van der Waals surface area contributed by atoms with Gasteiger partial charge >= 0.3 is 0 Å². The lowest BCUT2D eigenvalue weighted by Crippen LogP contribution is -2.41. The summed E-state index contributed by atoms with van der Waals surface area (Å²) in [5.74, 6) is 0.238. The average molecular weight is 272 g/mol. The van der Waals surface area contributed by atoms with E-state index in [1.54, 1.807) is 7.05 Å². The molecule has 7 heteroatoms. The van der Waals surface area contributed by atoms with Gasteiger partial charge in [-0.15, -0.1) is 0 Å². The third-order valence-electron chi connectivity index (χ3n) is 3.55. The third-order valence-corrected chi connectivity index (χ3v) is 5.05. The maximum Gasteiger partial charge on any atom is 0.257 e. The zero-order valence-electron chi connectivity index (χ0n) is 10.5. The van der Waals surface area contributed by atoms with Gasteiger partial charge in [0.05, 0.1) is 6.20 Å². The summed E-state index contributed by atoms with van der Waals surface area (Å²) >= 11 is 0. The van der Waals surface area contributed by atoms with E-state index in [0.29, 0.717) is 6.54 Å². The summed E-state index contributed by atoms with van der Waals surface area (Å²) < 4.78 is 28.1. The quantitative estimate of drug-likeness (QED) is 0.820. The molecule has 0 aliphatic heterocycles. The van der Waals surface area contributed by atoms with Gasteiger partial charge in [-0.05, 0) is 24.8 Å². The van der Waals surface area contributed by atoms with Crippen molar-refractivity contribution in [3.63, 3.8) is 0 Å². The van der Waals surface area contributed by atoms with Crippen LogP contribution in [0, 0.1) is 5.92 Å². The Kier molecular flexibility index (Phi) is 4.04. The highest BCUT2D eigenvalue weighted by molar-refractivity contribution is 7.89. The van der Waals surface area contributed by atoms with Gasteiger partial charge in [-0.1, -0.05) is 12.8 Å². The first kappa shape index (κ1) is 13.5. The Hall–Kier alpha value is -0.920. The molecule has 1 saturated carbocycles.